The second kappa shape index (κ2) is 8.38. The lowest BCUT2D eigenvalue weighted by Crippen LogP contribution is -2.42. The average molecular weight is 343 g/mol. The Balaban J connectivity index is 0.00000192. The fraction of sp³-hybridized carbons (Fsp3) is 0.562. The van der Waals surface area contributed by atoms with Gasteiger partial charge in [-0.3, -0.25) is 4.79 Å². The molecule has 0 saturated carbocycles. The normalized spacial score (nSPS) is 19.1. The predicted octanol–water partition coefficient (Wildman–Crippen LogP) is 1.56. The number of carbonyl (C=O) groups is 1. The standard InChI is InChI=1S/C16H22N2O4.ClH/c1-2-18(16(19)8-13-9-17-5-6-20-13)10-12-3-4-14-15(7-12)22-11-21-14;/h3-4,7,13,17H,2,5-6,8-11H2,1H3;1H. The third kappa shape index (κ3) is 4.50. The van der Waals surface area contributed by atoms with Gasteiger partial charge in [0.25, 0.3) is 0 Å². The second-order valence-electron chi connectivity index (χ2n) is 5.50. The number of halogens is 1. The van der Waals surface area contributed by atoms with Gasteiger partial charge in [0.2, 0.25) is 12.7 Å². The third-order valence-electron chi connectivity index (χ3n) is 3.95. The molecule has 3 rings (SSSR count). The van der Waals surface area contributed by atoms with Crippen LogP contribution in [0, 0.1) is 0 Å². The molecule has 23 heavy (non-hydrogen) atoms. The van der Waals surface area contributed by atoms with E-state index in [1.807, 2.05) is 30.0 Å². The minimum atomic E-state index is -0.0212. The maximum Gasteiger partial charge on any atom is 0.231 e. The largest absolute Gasteiger partial charge is 0.454 e. The van der Waals surface area contributed by atoms with Gasteiger partial charge in [-0.15, -0.1) is 12.4 Å². The number of amides is 1. The Morgan fingerprint density at radius 3 is 2.91 bits per heavy atom. The molecule has 2 aliphatic heterocycles. The van der Waals surface area contributed by atoms with Crippen LogP contribution in [0.2, 0.25) is 0 Å². The van der Waals surface area contributed by atoms with Gasteiger partial charge in [0.1, 0.15) is 0 Å². The fourth-order valence-electron chi connectivity index (χ4n) is 2.71. The van der Waals surface area contributed by atoms with E-state index in [4.69, 9.17) is 14.2 Å². The topological polar surface area (TPSA) is 60.0 Å². The van der Waals surface area contributed by atoms with E-state index < -0.39 is 0 Å². The van der Waals surface area contributed by atoms with E-state index in [1.165, 1.54) is 0 Å². The highest BCUT2D eigenvalue weighted by Gasteiger charge is 2.21. The summed E-state index contributed by atoms with van der Waals surface area (Å²) in [6.45, 7) is 5.78. The van der Waals surface area contributed by atoms with E-state index in [0.717, 1.165) is 30.2 Å². The van der Waals surface area contributed by atoms with Gasteiger partial charge in [-0.1, -0.05) is 6.07 Å². The lowest BCUT2D eigenvalue weighted by Gasteiger charge is -2.27. The molecule has 2 aliphatic rings. The number of hydrogen-bond acceptors (Lipinski definition) is 5. The maximum absolute atomic E-state index is 12.4. The van der Waals surface area contributed by atoms with Crippen LogP contribution >= 0.6 is 12.4 Å². The fourth-order valence-corrected chi connectivity index (χ4v) is 2.71. The van der Waals surface area contributed by atoms with Gasteiger partial charge in [-0.25, -0.2) is 0 Å². The molecule has 0 aromatic heterocycles. The van der Waals surface area contributed by atoms with Crippen molar-refractivity contribution < 1.29 is 19.0 Å². The molecule has 1 aromatic carbocycles. The maximum atomic E-state index is 12.4. The summed E-state index contributed by atoms with van der Waals surface area (Å²) in [4.78, 5) is 14.3. The monoisotopic (exact) mass is 342 g/mol. The van der Waals surface area contributed by atoms with Crippen LogP contribution in [-0.4, -0.2) is 49.9 Å². The van der Waals surface area contributed by atoms with Gasteiger partial charge < -0.3 is 24.4 Å². The molecule has 1 N–H and O–H groups in total. The zero-order valence-corrected chi connectivity index (χ0v) is 14.1. The van der Waals surface area contributed by atoms with Crippen LogP contribution in [-0.2, 0) is 16.1 Å². The van der Waals surface area contributed by atoms with Crippen molar-refractivity contribution in [2.75, 3.05) is 33.0 Å². The first kappa shape index (κ1) is 17.8. The van der Waals surface area contributed by atoms with E-state index >= 15 is 0 Å². The van der Waals surface area contributed by atoms with Crippen LogP contribution in [0.3, 0.4) is 0 Å². The molecule has 6 nitrogen and oxygen atoms in total. The summed E-state index contributed by atoms with van der Waals surface area (Å²) in [5, 5.41) is 3.25. The first-order chi connectivity index (χ1) is 10.8. The van der Waals surface area contributed by atoms with Gasteiger partial charge in [-0.2, -0.15) is 0 Å². The Morgan fingerprint density at radius 2 is 2.17 bits per heavy atom. The van der Waals surface area contributed by atoms with Gasteiger partial charge in [-0.05, 0) is 24.6 Å². The number of ether oxygens (including phenoxy) is 3. The van der Waals surface area contributed by atoms with Gasteiger partial charge >= 0.3 is 0 Å². The number of fused-ring (bicyclic) bond motifs is 1. The van der Waals surface area contributed by atoms with E-state index in [-0.39, 0.29) is 31.2 Å². The minimum Gasteiger partial charge on any atom is -0.454 e. The van der Waals surface area contributed by atoms with Crippen LogP contribution in [0.15, 0.2) is 18.2 Å². The van der Waals surface area contributed by atoms with Crippen molar-refractivity contribution in [1.29, 1.82) is 0 Å². The van der Waals surface area contributed by atoms with E-state index in [2.05, 4.69) is 5.32 Å². The second-order valence-corrected chi connectivity index (χ2v) is 5.50. The number of rotatable bonds is 5. The Morgan fingerprint density at radius 1 is 1.35 bits per heavy atom. The quantitative estimate of drug-likeness (QED) is 0.880. The molecule has 0 aliphatic carbocycles. The summed E-state index contributed by atoms with van der Waals surface area (Å²) in [6, 6.07) is 5.81. The Hall–Kier alpha value is -1.50. The highest BCUT2D eigenvalue weighted by Crippen LogP contribution is 2.32. The number of hydrogen-bond donors (Lipinski definition) is 1. The molecule has 1 aromatic rings. The summed E-state index contributed by atoms with van der Waals surface area (Å²) in [6.07, 6.45) is 0.401. The average Bonchev–Trinajstić information content (AvgIpc) is 3.01. The van der Waals surface area contributed by atoms with Gasteiger partial charge in [0, 0.05) is 26.2 Å². The van der Waals surface area contributed by atoms with Crippen molar-refractivity contribution >= 4 is 18.3 Å². The lowest BCUT2D eigenvalue weighted by molar-refractivity contribution is -0.135. The van der Waals surface area contributed by atoms with E-state index in [1.54, 1.807) is 0 Å². The molecule has 2 heterocycles. The van der Waals surface area contributed by atoms with Crippen molar-refractivity contribution in [3.8, 4) is 11.5 Å². The molecule has 0 radical (unpaired) electrons. The number of carbonyl (C=O) groups excluding carboxylic acids is 1. The summed E-state index contributed by atoms with van der Waals surface area (Å²) in [5.74, 6) is 1.63. The zero-order chi connectivity index (χ0) is 15.4. The number of benzene rings is 1. The van der Waals surface area contributed by atoms with Crippen molar-refractivity contribution in [3.63, 3.8) is 0 Å². The lowest BCUT2D eigenvalue weighted by atomic mass is 10.1. The summed E-state index contributed by atoms with van der Waals surface area (Å²) < 4.78 is 16.3. The Labute approximate surface area is 142 Å². The number of nitrogens with zero attached hydrogens (tertiary/aromatic N) is 1. The minimum absolute atomic E-state index is 0. The molecule has 0 spiro atoms. The van der Waals surface area contributed by atoms with E-state index in [0.29, 0.717) is 26.1 Å². The highest BCUT2D eigenvalue weighted by molar-refractivity contribution is 5.85. The van der Waals surface area contributed by atoms with Crippen LogP contribution < -0.4 is 14.8 Å². The summed E-state index contributed by atoms with van der Waals surface area (Å²) in [5.41, 5.74) is 1.04. The molecule has 1 atom stereocenters. The van der Waals surface area contributed by atoms with Crippen molar-refractivity contribution in [3.05, 3.63) is 23.8 Å². The molecule has 128 valence electrons. The molecule has 1 unspecified atom stereocenters. The van der Waals surface area contributed by atoms with Crippen molar-refractivity contribution in [2.24, 2.45) is 0 Å². The number of nitrogens with one attached hydrogen (secondary N) is 1. The third-order valence-corrected chi connectivity index (χ3v) is 3.95. The SMILES string of the molecule is CCN(Cc1ccc2c(c1)OCO2)C(=O)CC1CNCCO1.Cl. The molecule has 7 heteroatoms. The molecule has 1 saturated heterocycles. The highest BCUT2D eigenvalue weighted by atomic mass is 35.5. The molecular formula is C16H23ClN2O4. The number of morpholine rings is 1. The first-order valence-corrected chi connectivity index (χ1v) is 7.75. The Bertz CT molecular complexity index is 535. The van der Waals surface area contributed by atoms with Crippen LogP contribution in [0.5, 0.6) is 11.5 Å². The summed E-state index contributed by atoms with van der Waals surface area (Å²) in [7, 11) is 0. The Kier molecular flexibility index (Phi) is 6.50. The van der Waals surface area contributed by atoms with Gasteiger partial charge in [0.15, 0.2) is 11.5 Å². The first-order valence-electron chi connectivity index (χ1n) is 7.75. The van der Waals surface area contributed by atoms with Crippen molar-refractivity contribution in [1.82, 2.24) is 10.2 Å². The zero-order valence-electron chi connectivity index (χ0n) is 13.2. The molecule has 0 bridgehead atoms. The smallest absolute Gasteiger partial charge is 0.231 e. The van der Waals surface area contributed by atoms with Crippen LogP contribution in [0.25, 0.3) is 0 Å². The molecule has 1 amide bonds. The van der Waals surface area contributed by atoms with Crippen LogP contribution in [0.1, 0.15) is 18.9 Å². The van der Waals surface area contributed by atoms with Crippen LogP contribution in [0.4, 0.5) is 0 Å². The van der Waals surface area contributed by atoms with E-state index in [9.17, 15) is 4.79 Å². The van der Waals surface area contributed by atoms with Gasteiger partial charge in [0.05, 0.1) is 19.1 Å². The predicted molar refractivity (Wildman–Crippen MR) is 88.1 cm³/mol. The van der Waals surface area contributed by atoms with Crippen molar-refractivity contribution in [2.45, 2.75) is 26.0 Å². The molecular weight excluding hydrogens is 320 g/mol. The molecule has 1 fully saturated rings. The summed E-state index contributed by atoms with van der Waals surface area (Å²) >= 11 is 0.